The third-order valence-electron chi connectivity index (χ3n) is 3.19. The van der Waals surface area contributed by atoms with E-state index in [4.69, 9.17) is 5.11 Å². The summed E-state index contributed by atoms with van der Waals surface area (Å²) in [4.78, 5) is 31.7. The fourth-order valence-corrected chi connectivity index (χ4v) is 1.89. The monoisotopic (exact) mass is 297 g/mol. The fourth-order valence-electron chi connectivity index (χ4n) is 1.89. The van der Waals surface area contributed by atoms with Gasteiger partial charge in [0.1, 0.15) is 6.04 Å². The first-order valence-electron chi connectivity index (χ1n) is 7.03. The zero-order chi connectivity index (χ0) is 15.7. The van der Waals surface area contributed by atoms with Crippen molar-refractivity contribution in [3.63, 3.8) is 0 Å². The van der Waals surface area contributed by atoms with Gasteiger partial charge in [-0.3, -0.25) is 0 Å². The van der Waals surface area contributed by atoms with Crippen LogP contribution in [0.15, 0.2) is 12.5 Å². The summed E-state index contributed by atoms with van der Waals surface area (Å²) in [5, 5.41) is 14.2. The minimum atomic E-state index is -1.08. The zero-order valence-corrected chi connectivity index (χ0v) is 12.4. The highest BCUT2D eigenvalue weighted by atomic mass is 16.4. The molecule has 1 aromatic heterocycles. The van der Waals surface area contributed by atoms with E-state index >= 15 is 0 Å². The first-order valence-corrected chi connectivity index (χ1v) is 7.03. The van der Waals surface area contributed by atoms with Crippen LogP contribution in [0.3, 0.4) is 0 Å². The third-order valence-corrected chi connectivity index (χ3v) is 3.19. The lowest BCUT2D eigenvalue weighted by atomic mass is 10.2. The van der Waals surface area contributed by atoms with Crippen LogP contribution in [0.4, 0.5) is 4.79 Å². The van der Waals surface area contributed by atoms with Gasteiger partial charge in [0, 0.05) is 31.4 Å². The Hall–Kier alpha value is -2.09. The summed E-state index contributed by atoms with van der Waals surface area (Å²) in [6.07, 6.45) is 3.17. The summed E-state index contributed by atoms with van der Waals surface area (Å²) >= 11 is 0. The molecule has 1 atom stereocenters. The van der Waals surface area contributed by atoms with Crippen LogP contribution in [0, 0.1) is 0 Å². The van der Waals surface area contributed by atoms with Gasteiger partial charge in [-0.15, -0.1) is 0 Å². The molecular formula is C13H23N5O3. The number of nitrogens with one attached hydrogen (secondary N) is 3. The molecule has 118 valence electrons. The molecule has 0 fully saturated rings. The highest BCUT2D eigenvalue weighted by Gasteiger charge is 2.20. The summed E-state index contributed by atoms with van der Waals surface area (Å²) < 4.78 is 0. The van der Waals surface area contributed by atoms with Gasteiger partial charge in [-0.05, 0) is 13.1 Å². The van der Waals surface area contributed by atoms with E-state index in [1.165, 1.54) is 12.5 Å². The molecule has 0 spiro atoms. The van der Waals surface area contributed by atoms with Gasteiger partial charge in [-0.25, -0.2) is 14.6 Å². The minimum absolute atomic E-state index is 0.165. The molecule has 4 N–H and O–H groups in total. The van der Waals surface area contributed by atoms with Crippen LogP contribution in [-0.2, 0) is 11.2 Å². The maximum absolute atomic E-state index is 11.7. The van der Waals surface area contributed by atoms with Crippen LogP contribution in [0.2, 0.25) is 0 Å². The first kappa shape index (κ1) is 17.0. The number of rotatable bonds is 9. The molecule has 1 rings (SSSR count). The Kier molecular flexibility index (Phi) is 7.24. The van der Waals surface area contributed by atoms with Crippen molar-refractivity contribution in [1.29, 1.82) is 0 Å². The fraction of sp³-hybridized carbons (Fsp3) is 0.615. The van der Waals surface area contributed by atoms with Gasteiger partial charge >= 0.3 is 12.0 Å². The molecule has 21 heavy (non-hydrogen) atoms. The molecule has 0 aliphatic heterocycles. The summed E-state index contributed by atoms with van der Waals surface area (Å²) in [7, 11) is 0. The van der Waals surface area contributed by atoms with Crippen molar-refractivity contribution >= 4 is 12.0 Å². The van der Waals surface area contributed by atoms with E-state index in [-0.39, 0.29) is 6.42 Å². The van der Waals surface area contributed by atoms with Crippen LogP contribution in [0.25, 0.3) is 0 Å². The predicted molar refractivity (Wildman–Crippen MR) is 78.0 cm³/mol. The molecular weight excluding hydrogens is 274 g/mol. The molecule has 1 unspecified atom stereocenters. The average molecular weight is 297 g/mol. The van der Waals surface area contributed by atoms with Crippen LogP contribution in [-0.4, -0.2) is 64.2 Å². The highest BCUT2D eigenvalue weighted by Crippen LogP contribution is 1.98. The Morgan fingerprint density at radius 1 is 1.43 bits per heavy atom. The molecule has 0 aromatic carbocycles. The SMILES string of the molecule is CCN(CC)CCNC(=O)NC(Cc1cnc[nH]1)C(=O)O. The standard InChI is InChI=1S/C13H23N5O3/c1-3-18(4-2)6-5-15-13(21)17-11(12(19)20)7-10-8-14-9-16-10/h8-9,11H,3-7H2,1-2H3,(H,14,16)(H,19,20)(H2,15,17,21). The van der Waals surface area contributed by atoms with E-state index in [0.717, 1.165) is 19.6 Å². The molecule has 0 bridgehead atoms. The molecule has 0 saturated carbocycles. The van der Waals surface area contributed by atoms with Gasteiger partial charge in [0.15, 0.2) is 0 Å². The Bertz CT molecular complexity index is 431. The lowest BCUT2D eigenvalue weighted by Crippen LogP contribution is -2.48. The Balaban J connectivity index is 2.37. The second kappa shape index (κ2) is 8.96. The van der Waals surface area contributed by atoms with Crippen molar-refractivity contribution < 1.29 is 14.7 Å². The molecule has 0 aliphatic rings. The number of likely N-dealkylation sites (N-methyl/N-ethyl adjacent to an activating group) is 1. The number of hydrogen-bond acceptors (Lipinski definition) is 4. The minimum Gasteiger partial charge on any atom is -0.480 e. The van der Waals surface area contributed by atoms with Crippen molar-refractivity contribution in [1.82, 2.24) is 25.5 Å². The smallest absolute Gasteiger partial charge is 0.326 e. The quantitative estimate of drug-likeness (QED) is 0.514. The van der Waals surface area contributed by atoms with Crippen molar-refractivity contribution in [3.05, 3.63) is 18.2 Å². The molecule has 0 aliphatic carbocycles. The summed E-state index contributed by atoms with van der Waals surface area (Å²) in [5.74, 6) is -1.08. The number of aliphatic carboxylic acids is 1. The molecule has 1 heterocycles. The molecule has 8 heteroatoms. The zero-order valence-electron chi connectivity index (χ0n) is 12.4. The van der Waals surface area contributed by atoms with Gasteiger partial charge in [-0.1, -0.05) is 13.8 Å². The number of carboxylic acids is 1. The second-order valence-corrected chi connectivity index (χ2v) is 4.60. The number of carbonyl (C=O) groups excluding carboxylic acids is 1. The molecule has 1 aromatic rings. The van der Waals surface area contributed by atoms with E-state index in [2.05, 4.69) is 39.3 Å². The van der Waals surface area contributed by atoms with E-state index < -0.39 is 18.0 Å². The number of amides is 2. The number of carboxylic acid groups (broad SMARTS) is 1. The van der Waals surface area contributed by atoms with E-state index in [0.29, 0.717) is 12.2 Å². The maximum Gasteiger partial charge on any atom is 0.326 e. The summed E-state index contributed by atoms with van der Waals surface area (Å²) in [6.45, 7) is 7.14. The van der Waals surface area contributed by atoms with Crippen molar-refractivity contribution in [2.45, 2.75) is 26.3 Å². The van der Waals surface area contributed by atoms with Gasteiger partial charge in [-0.2, -0.15) is 0 Å². The number of aromatic amines is 1. The lowest BCUT2D eigenvalue weighted by molar-refractivity contribution is -0.139. The van der Waals surface area contributed by atoms with Crippen molar-refractivity contribution in [2.24, 2.45) is 0 Å². The topological polar surface area (TPSA) is 110 Å². The number of urea groups is 1. The Morgan fingerprint density at radius 2 is 2.14 bits per heavy atom. The Morgan fingerprint density at radius 3 is 2.67 bits per heavy atom. The maximum atomic E-state index is 11.7. The van der Waals surface area contributed by atoms with Gasteiger partial charge in [0.2, 0.25) is 0 Å². The average Bonchev–Trinajstić information content (AvgIpc) is 2.96. The van der Waals surface area contributed by atoms with Crippen molar-refractivity contribution in [3.8, 4) is 0 Å². The third kappa shape index (κ3) is 6.26. The normalized spacial score (nSPS) is 12.1. The van der Waals surface area contributed by atoms with Gasteiger partial charge < -0.3 is 25.6 Å². The number of aromatic nitrogens is 2. The number of hydrogen-bond donors (Lipinski definition) is 4. The number of H-pyrrole nitrogens is 1. The molecule has 8 nitrogen and oxygen atoms in total. The van der Waals surface area contributed by atoms with E-state index in [1.54, 1.807) is 0 Å². The lowest BCUT2D eigenvalue weighted by Gasteiger charge is -2.19. The Labute approximate surface area is 123 Å². The summed E-state index contributed by atoms with van der Waals surface area (Å²) in [6, 6.07) is -1.46. The molecule has 0 saturated heterocycles. The number of imidazole rings is 1. The van der Waals surface area contributed by atoms with Crippen LogP contribution >= 0.6 is 0 Å². The van der Waals surface area contributed by atoms with Gasteiger partial charge in [0.05, 0.1) is 6.33 Å². The highest BCUT2D eigenvalue weighted by molar-refractivity contribution is 5.82. The first-order chi connectivity index (χ1) is 10.1. The summed E-state index contributed by atoms with van der Waals surface area (Å²) in [5.41, 5.74) is 0.658. The van der Waals surface area contributed by atoms with E-state index in [1.807, 2.05) is 0 Å². The number of nitrogens with zero attached hydrogens (tertiary/aromatic N) is 2. The van der Waals surface area contributed by atoms with Crippen LogP contribution < -0.4 is 10.6 Å². The predicted octanol–water partition coefficient (Wildman–Crippen LogP) is 0.0464. The van der Waals surface area contributed by atoms with Crippen LogP contribution in [0.5, 0.6) is 0 Å². The molecule has 2 amide bonds. The molecule has 0 radical (unpaired) electrons. The van der Waals surface area contributed by atoms with Gasteiger partial charge in [0.25, 0.3) is 0 Å². The van der Waals surface area contributed by atoms with Crippen molar-refractivity contribution in [2.75, 3.05) is 26.2 Å². The largest absolute Gasteiger partial charge is 0.480 e. The van der Waals surface area contributed by atoms with E-state index in [9.17, 15) is 9.59 Å². The number of carbonyl (C=O) groups is 2. The second-order valence-electron chi connectivity index (χ2n) is 4.60. The van der Waals surface area contributed by atoms with Crippen LogP contribution in [0.1, 0.15) is 19.5 Å².